The molecule has 0 saturated carbocycles. The van der Waals surface area contributed by atoms with Crippen molar-refractivity contribution in [3.63, 3.8) is 0 Å². The molecule has 0 bridgehead atoms. The number of furan rings is 1. The Morgan fingerprint density at radius 1 is 0.276 bits per heavy atom. The number of rotatable bonds is 4. The summed E-state index contributed by atoms with van der Waals surface area (Å²) in [5, 5.41) is 9.62. The summed E-state index contributed by atoms with van der Waals surface area (Å²) in [4.78, 5) is 0. The van der Waals surface area contributed by atoms with Crippen molar-refractivity contribution in [1.82, 2.24) is 13.7 Å². The van der Waals surface area contributed by atoms with Crippen molar-refractivity contribution in [3.8, 4) is 28.2 Å². The molecule has 4 heteroatoms. The molecule has 0 fully saturated rings. The van der Waals surface area contributed by atoms with E-state index < -0.39 is 0 Å². The van der Waals surface area contributed by atoms with Gasteiger partial charge in [0.15, 0.2) is 0 Å². The Hall–Kier alpha value is -7.82. The molecule has 4 aromatic heterocycles. The van der Waals surface area contributed by atoms with E-state index in [0.29, 0.717) is 0 Å². The first kappa shape index (κ1) is 31.4. The van der Waals surface area contributed by atoms with Crippen molar-refractivity contribution < 1.29 is 4.42 Å². The smallest absolute Gasteiger partial charge is 0.137 e. The average molecular weight is 740 g/mol. The van der Waals surface area contributed by atoms with E-state index in [1.807, 2.05) is 0 Å². The van der Waals surface area contributed by atoms with Gasteiger partial charge in [0.1, 0.15) is 11.2 Å². The van der Waals surface area contributed by atoms with Gasteiger partial charge in [0.2, 0.25) is 0 Å². The first-order chi connectivity index (χ1) is 28.8. The molecule has 0 atom stereocenters. The first-order valence-corrected chi connectivity index (χ1v) is 19.8. The zero-order valence-electron chi connectivity index (χ0n) is 31.3. The average Bonchev–Trinajstić information content (AvgIpc) is 4.02. The van der Waals surface area contributed by atoms with E-state index in [1.165, 1.54) is 65.5 Å². The standard InChI is InChI=1S/C54H33N3O/c1-2-13-34(14-3-1)35-25-30-52-44(31-35)54-50(23-12-24-53(54)58-52)57-48-22-11-6-17-40(48)42-28-26-37(33-51(42)57)56-47-21-10-7-18-41(47)43-32-36(27-29-49(43)56)55-45-19-8-4-15-38(45)39-16-5-9-20-46(39)55/h1-33H. The summed E-state index contributed by atoms with van der Waals surface area (Å²) in [6.07, 6.45) is 0. The van der Waals surface area contributed by atoms with Crippen LogP contribution in [0.5, 0.6) is 0 Å². The Balaban J connectivity index is 1.06. The number of benzene rings is 9. The second-order valence-corrected chi connectivity index (χ2v) is 15.3. The fourth-order valence-electron chi connectivity index (χ4n) is 9.74. The van der Waals surface area contributed by atoms with E-state index in [2.05, 4.69) is 214 Å². The predicted octanol–water partition coefficient (Wildman–Crippen LogP) is 14.5. The summed E-state index contributed by atoms with van der Waals surface area (Å²) in [7, 11) is 0. The van der Waals surface area contributed by atoms with Gasteiger partial charge in [-0.3, -0.25) is 0 Å². The highest BCUT2D eigenvalue weighted by Gasteiger charge is 2.21. The van der Waals surface area contributed by atoms with Crippen molar-refractivity contribution in [1.29, 1.82) is 0 Å². The molecule has 0 saturated heterocycles. The third kappa shape index (κ3) is 4.34. The van der Waals surface area contributed by atoms with Crippen molar-refractivity contribution >= 4 is 87.4 Å². The van der Waals surface area contributed by atoms with E-state index in [0.717, 1.165) is 50.0 Å². The lowest BCUT2D eigenvalue weighted by atomic mass is 10.0. The van der Waals surface area contributed by atoms with Crippen LogP contribution >= 0.6 is 0 Å². The molecule has 0 aliphatic rings. The molecule has 0 radical (unpaired) electrons. The van der Waals surface area contributed by atoms with Crippen LogP contribution in [-0.4, -0.2) is 13.7 Å². The van der Waals surface area contributed by atoms with Crippen LogP contribution in [0.2, 0.25) is 0 Å². The minimum absolute atomic E-state index is 0.876. The second kappa shape index (κ2) is 11.8. The monoisotopic (exact) mass is 739 g/mol. The number of fused-ring (bicyclic) bond motifs is 12. The molecule has 13 aromatic rings. The Morgan fingerprint density at radius 3 is 1.48 bits per heavy atom. The van der Waals surface area contributed by atoms with E-state index in [4.69, 9.17) is 4.42 Å². The molecule has 0 unspecified atom stereocenters. The number of para-hydroxylation sites is 4. The minimum atomic E-state index is 0.876. The van der Waals surface area contributed by atoms with E-state index in [9.17, 15) is 0 Å². The fraction of sp³-hybridized carbons (Fsp3) is 0. The summed E-state index contributed by atoms with van der Waals surface area (Å²) in [6.45, 7) is 0. The van der Waals surface area contributed by atoms with Crippen LogP contribution in [0.4, 0.5) is 0 Å². The number of hydrogen-bond donors (Lipinski definition) is 0. The van der Waals surface area contributed by atoms with Crippen LogP contribution in [0.25, 0.3) is 116 Å². The van der Waals surface area contributed by atoms with Crippen LogP contribution in [0, 0.1) is 0 Å². The number of hydrogen-bond acceptors (Lipinski definition) is 1. The summed E-state index contributed by atoms with van der Waals surface area (Å²) in [6, 6.07) is 72.5. The Labute approximate surface area is 332 Å². The van der Waals surface area contributed by atoms with E-state index in [-0.39, 0.29) is 0 Å². The minimum Gasteiger partial charge on any atom is -0.456 e. The Bertz CT molecular complexity index is 3750. The molecule has 0 aliphatic heterocycles. The van der Waals surface area contributed by atoms with Crippen LogP contribution in [0.15, 0.2) is 205 Å². The van der Waals surface area contributed by atoms with Gasteiger partial charge in [-0.15, -0.1) is 0 Å². The van der Waals surface area contributed by atoms with Crippen LogP contribution in [-0.2, 0) is 0 Å². The van der Waals surface area contributed by atoms with Crippen LogP contribution in [0.1, 0.15) is 0 Å². The maximum atomic E-state index is 6.55. The molecule has 0 aliphatic carbocycles. The lowest BCUT2D eigenvalue weighted by Gasteiger charge is -2.13. The third-order valence-electron chi connectivity index (χ3n) is 12.2. The van der Waals surface area contributed by atoms with Crippen molar-refractivity contribution in [2.45, 2.75) is 0 Å². The topological polar surface area (TPSA) is 27.9 Å². The van der Waals surface area contributed by atoms with Gasteiger partial charge in [-0.2, -0.15) is 0 Å². The van der Waals surface area contributed by atoms with Gasteiger partial charge in [-0.1, -0.05) is 121 Å². The van der Waals surface area contributed by atoms with Gasteiger partial charge >= 0.3 is 0 Å². The highest BCUT2D eigenvalue weighted by molar-refractivity contribution is 6.16. The molecule has 13 rings (SSSR count). The van der Waals surface area contributed by atoms with Gasteiger partial charge in [-0.25, -0.2) is 0 Å². The van der Waals surface area contributed by atoms with Crippen LogP contribution < -0.4 is 0 Å². The molecule has 270 valence electrons. The maximum absolute atomic E-state index is 6.55. The quantitative estimate of drug-likeness (QED) is 0.177. The zero-order valence-corrected chi connectivity index (χ0v) is 31.3. The maximum Gasteiger partial charge on any atom is 0.137 e. The third-order valence-corrected chi connectivity index (χ3v) is 12.2. The predicted molar refractivity (Wildman–Crippen MR) is 242 cm³/mol. The molecule has 0 amide bonds. The molecule has 58 heavy (non-hydrogen) atoms. The lowest BCUT2D eigenvalue weighted by Crippen LogP contribution is -1.98. The lowest BCUT2D eigenvalue weighted by molar-refractivity contribution is 0.669. The SMILES string of the molecule is c1ccc(-c2ccc3oc4cccc(-n5c6ccccc6c6ccc(-n7c8ccccc8c8cc(-n9c%10ccccc%10c%10ccccc%109)ccc87)cc65)c4c3c2)cc1. The molecule has 4 nitrogen and oxygen atoms in total. The summed E-state index contributed by atoms with van der Waals surface area (Å²) in [5.41, 5.74) is 14.6. The summed E-state index contributed by atoms with van der Waals surface area (Å²) < 4.78 is 13.8. The molecular formula is C54H33N3O. The zero-order chi connectivity index (χ0) is 37.9. The first-order valence-electron chi connectivity index (χ1n) is 19.8. The Morgan fingerprint density at radius 2 is 0.810 bits per heavy atom. The van der Waals surface area contributed by atoms with E-state index in [1.54, 1.807) is 0 Å². The molecule has 4 heterocycles. The highest BCUT2D eigenvalue weighted by atomic mass is 16.3. The Kier molecular flexibility index (Phi) is 6.41. The molecular weight excluding hydrogens is 707 g/mol. The van der Waals surface area contributed by atoms with Gasteiger partial charge in [-0.05, 0) is 90.0 Å². The molecule has 0 spiro atoms. The molecule has 9 aromatic carbocycles. The number of aromatic nitrogens is 3. The van der Waals surface area contributed by atoms with Crippen molar-refractivity contribution in [2.75, 3.05) is 0 Å². The number of nitrogens with zero attached hydrogens (tertiary/aromatic N) is 3. The fourth-order valence-corrected chi connectivity index (χ4v) is 9.74. The van der Waals surface area contributed by atoms with Gasteiger partial charge in [0.05, 0.1) is 44.2 Å². The second-order valence-electron chi connectivity index (χ2n) is 15.3. The van der Waals surface area contributed by atoms with E-state index >= 15 is 0 Å². The normalized spacial score (nSPS) is 12.1. The highest BCUT2D eigenvalue weighted by Crippen LogP contribution is 2.42. The summed E-state index contributed by atoms with van der Waals surface area (Å²) >= 11 is 0. The van der Waals surface area contributed by atoms with Crippen LogP contribution in [0.3, 0.4) is 0 Å². The van der Waals surface area contributed by atoms with Gasteiger partial charge < -0.3 is 18.1 Å². The summed E-state index contributed by atoms with van der Waals surface area (Å²) in [5.74, 6) is 0. The molecule has 0 N–H and O–H groups in total. The van der Waals surface area contributed by atoms with Gasteiger partial charge in [0.25, 0.3) is 0 Å². The van der Waals surface area contributed by atoms with Crippen molar-refractivity contribution in [2.24, 2.45) is 0 Å². The van der Waals surface area contributed by atoms with Crippen molar-refractivity contribution in [3.05, 3.63) is 200 Å². The largest absolute Gasteiger partial charge is 0.456 e. The van der Waals surface area contributed by atoms with Gasteiger partial charge in [0, 0.05) is 49.1 Å².